The van der Waals surface area contributed by atoms with Gasteiger partial charge in [-0.3, -0.25) is 14.6 Å². The first-order valence-corrected chi connectivity index (χ1v) is 6.60. The van der Waals surface area contributed by atoms with Crippen LogP contribution in [0.4, 0.5) is 0 Å². The maximum absolute atomic E-state index is 12.0. The zero-order valence-corrected chi connectivity index (χ0v) is 11.7. The number of benzene rings is 1. The lowest BCUT2D eigenvalue weighted by Crippen LogP contribution is -2.46. The van der Waals surface area contributed by atoms with Crippen molar-refractivity contribution < 1.29 is 9.59 Å². The van der Waals surface area contributed by atoms with E-state index in [0.29, 0.717) is 5.56 Å². The number of primary amides is 1. The van der Waals surface area contributed by atoms with E-state index in [1.165, 1.54) is 6.20 Å². The van der Waals surface area contributed by atoms with Crippen LogP contribution in [0.3, 0.4) is 0 Å². The van der Waals surface area contributed by atoms with Gasteiger partial charge in [-0.05, 0) is 29.8 Å². The molecule has 2 rings (SSSR count). The molecule has 0 bridgehead atoms. The Morgan fingerprint density at radius 1 is 1.23 bits per heavy atom. The molecular formula is C16H14N4O2. The predicted molar refractivity (Wildman–Crippen MR) is 79.5 cm³/mol. The predicted octanol–water partition coefficient (Wildman–Crippen LogP) is 0.780. The highest BCUT2D eigenvalue weighted by Crippen LogP contribution is 2.07. The van der Waals surface area contributed by atoms with Gasteiger partial charge in [0, 0.05) is 12.6 Å². The second-order valence-corrected chi connectivity index (χ2v) is 4.66. The van der Waals surface area contributed by atoms with Gasteiger partial charge in [0.25, 0.3) is 5.91 Å². The molecule has 1 aromatic heterocycles. The van der Waals surface area contributed by atoms with Crippen molar-refractivity contribution in [2.75, 3.05) is 0 Å². The van der Waals surface area contributed by atoms with Crippen LogP contribution in [0.2, 0.25) is 0 Å². The van der Waals surface area contributed by atoms with Crippen LogP contribution >= 0.6 is 0 Å². The van der Waals surface area contributed by atoms with E-state index in [-0.39, 0.29) is 12.1 Å². The number of pyridine rings is 1. The maximum Gasteiger partial charge on any atom is 0.270 e. The van der Waals surface area contributed by atoms with Gasteiger partial charge in [-0.1, -0.05) is 18.2 Å². The van der Waals surface area contributed by atoms with Crippen LogP contribution in [0.15, 0.2) is 48.7 Å². The van der Waals surface area contributed by atoms with Crippen molar-refractivity contribution >= 4 is 11.8 Å². The lowest BCUT2D eigenvalue weighted by molar-refractivity contribution is -0.119. The Balaban J connectivity index is 2.08. The zero-order chi connectivity index (χ0) is 15.9. The maximum atomic E-state index is 12.0. The molecule has 1 atom stereocenters. The number of aromatic nitrogens is 1. The topological polar surface area (TPSA) is 109 Å². The van der Waals surface area contributed by atoms with Gasteiger partial charge in [0.1, 0.15) is 11.7 Å². The van der Waals surface area contributed by atoms with Crippen LogP contribution in [0.25, 0.3) is 0 Å². The monoisotopic (exact) mass is 294 g/mol. The number of hydrogen-bond acceptors (Lipinski definition) is 4. The van der Waals surface area contributed by atoms with E-state index in [4.69, 9.17) is 11.0 Å². The third-order valence-corrected chi connectivity index (χ3v) is 3.07. The summed E-state index contributed by atoms with van der Waals surface area (Å²) in [6, 6.07) is 12.8. The average molecular weight is 294 g/mol. The largest absolute Gasteiger partial charge is 0.368 e. The molecule has 22 heavy (non-hydrogen) atoms. The molecular weight excluding hydrogens is 280 g/mol. The molecule has 0 spiro atoms. The molecule has 1 heterocycles. The van der Waals surface area contributed by atoms with Gasteiger partial charge in [0.05, 0.1) is 11.6 Å². The highest BCUT2D eigenvalue weighted by atomic mass is 16.2. The van der Waals surface area contributed by atoms with Crippen LogP contribution in [-0.4, -0.2) is 22.8 Å². The Hall–Kier alpha value is -3.20. The first-order valence-electron chi connectivity index (χ1n) is 6.60. The summed E-state index contributed by atoms with van der Waals surface area (Å²) in [6.45, 7) is 0. The molecule has 0 radical (unpaired) electrons. The fourth-order valence-electron chi connectivity index (χ4n) is 1.90. The van der Waals surface area contributed by atoms with Crippen molar-refractivity contribution in [3.63, 3.8) is 0 Å². The molecule has 6 nitrogen and oxygen atoms in total. The first kappa shape index (κ1) is 15.2. The van der Waals surface area contributed by atoms with Gasteiger partial charge in [-0.25, -0.2) is 0 Å². The van der Waals surface area contributed by atoms with Crippen LogP contribution in [0.1, 0.15) is 21.6 Å². The molecule has 3 N–H and O–H groups in total. The third kappa shape index (κ3) is 3.90. The summed E-state index contributed by atoms with van der Waals surface area (Å²) in [5, 5.41) is 11.3. The molecule has 0 aliphatic heterocycles. The zero-order valence-electron chi connectivity index (χ0n) is 11.7. The van der Waals surface area contributed by atoms with E-state index in [1.54, 1.807) is 42.5 Å². The van der Waals surface area contributed by atoms with Crippen molar-refractivity contribution in [3.05, 3.63) is 65.5 Å². The minimum absolute atomic E-state index is 0.216. The summed E-state index contributed by atoms with van der Waals surface area (Å²) in [5.41, 5.74) is 6.88. The van der Waals surface area contributed by atoms with Crippen LogP contribution in [0.5, 0.6) is 0 Å². The van der Waals surface area contributed by atoms with E-state index in [2.05, 4.69) is 10.3 Å². The number of carbonyl (C=O) groups is 2. The Labute approximate surface area is 127 Å². The highest BCUT2D eigenvalue weighted by Gasteiger charge is 2.19. The highest BCUT2D eigenvalue weighted by molar-refractivity contribution is 5.95. The molecule has 0 aliphatic rings. The summed E-state index contributed by atoms with van der Waals surface area (Å²) in [4.78, 5) is 27.5. The standard InChI is InChI=1S/C16H14N4O2/c17-10-12-6-4-11(5-7-12)9-14(15(18)21)20-16(22)13-3-1-2-8-19-13/h1-8,14H,9H2,(H2,18,21)(H,20,22)/t14-/m1/s1. The molecule has 110 valence electrons. The smallest absolute Gasteiger partial charge is 0.270 e. The molecule has 2 amide bonds. The van der Waals surface area contributed by atoms with Crippen molar-refractivity contribution in [2.24, 2.45) is 5.73 Å². The fourth-order valence-corrected chi connectivity index (χ4v) is 1.90. The Morgan fingerprint density at radius 2 is 1.95 bits per heavy atom. The number of rotatable bonds is 5. The van der Waals surface area contributed by atoms with E-state index in [9.17, 15) is 9.59 Å². The SMILES string of the molecule is N#Cc1ccc(C[C@@H](NC(=O)c2ccccn2)C(N)=O)cc1. The van der Waals surface area contributed by atoms with Crippen molar-refractivity contribution in [1.82, 2.24) is 10.3 Å². The number of nitrogens with two attached hydrogens (primary N) is 1. The third-order valence-electron chi connectivity index (χ3n) is 3.07. The van der Waals surface area contributed by atoms with Gasteiger partial charge >= 0.3 is 0 Å². The van der Waals surface area contributed by atoms with Crippen LogP contribution < -0.4 is 11.1 Å². The van der Waals surface area contributed by atoms with Gasteiger partial charge in [0.2, 0.25) is 5.91 Å². The normalized spacial score (nSPS) is 11.2. The van der Waals surface area contributed by atoms with Crippen LogP contribution in [0, 0.1) is 11.3 Å². The van der Waals surface area contributed by atoms with Crippen molar-refractivity contribution in [2.45, 2.75) is 12.5 Å². The Kier molecular flexibility index (Phi) is 4.83. The molecule has 6 heteroatoms. The van der Waals surface area contributed by atoms with Crippen molar-refractivity contribution in [3.8, 4) is 6.07 Å². The number of hydrogen-bond donors (Lipinski definition) is 2. The number of nitrogens with zero attached hydrogens (tertiary/aromatic N) is 2. The summed E-state index contributed by atoms with van der Waals surface area (Å²) in [6.07, 6.45) is 1.74. The number of carbonyl (C=O) groups excluding carboxylic acids is 2. The minimum atomic E-state index is -0.845. The summed E-state index contributed by atoms with van der Waals surface area (Å²) >= 11 is 0. The minimum Gasteiger partial charge on any atom is -0.368 e. The number of nitriles is 1. The second kappa shape index (κ2) is 6.99. The fraction of sp³-hybridized carbons (Fsp3) is 0.125. The van der Waals surface area contributed by atoms with E-state index >= 15 is 0 Å². The Morgan fingerprint density at radius 3 is 2.50 bits per heavy atom. The summed E-state index contributed by atoms with van der Waals surface area (Å²) in [5.74, 6) is -1.09. The van der Waals surface area contributed by atoms with Crippen molar-refractivity contribution in [1.29, 1.82) is 5.26 Å². The average Bonchev–Trinajstić information content (AvgIpc) is 2.55. The first-order chi connectivity index (χ1) is 10.6. The van der Waals surface area contributed by atoms with Gasteiger partial charge < -0.3 is 11.1 Å². The Bertz CT molecular complexity index is 705. The van der Waals surface area contributed by atoms with Gasteiger partial charge in [-0.2, -0.15) is 5.26 Å². The number of nitrogens with one attached hydrogen (secondary N) is 1. The lowest BCUT2D eigenvalue weighted by atomic mass is 10.0. The molecule has 0 aliphatic carbocycles. The molecule has 2 aromatic rings. The molecule has 0 saturated heterocycles. The summed E-state index contributed by atoms with van der Waals surface area (Å²) < 4.78 is 0. The lowest BCUT2D eigenvalue weighted by Gasteiger charge is -2.15. The van der Waals surface area contributed by atoms with E-state index in [1.807, 2.05) is 6.07 Å². The molecule has 0 fully saturated rings. The molecule has 0 saturated carbocycles. The summed E-state index contributed by atoms with van der Waals surface area (Å²) in [7, 11) is 0. The molecule has 0 unspecified atom stereocenters. The van der Waals surface area contributed by atoms with Gasteiger partial charge in [-0.15, -0.1) is 0 Å². The quantitative estimate of drug-likeness (QED) is 0.849. The van der Waals surface area contributed by atoms with E-state index < -0.39 is 17.9 Å². The number of amides is 2. The van der Waals surface area contributed by atoms with Crippen LogP contribution in [-0.2, 0) is 11.2 Å². The van der Waals surface area contributed by atoms with E-state index in [0.717, 1.165) is 5.56 Å². The van der Waals surface area contributed by atoms with Gasteiger partial charge in [0.15, 0.2) is 0 Å². The second-order valence-electron chi connectivity index (χ2n) is 4.66. The molecule has 1 aromatic carbocycles.